The fourth-order valence-corrected chi connectivity index (χ4v) is 2.12. The van der Waals surface area contributed by atoms with Gasteiger partial charge in [-0.3, -0.25) is 9.59 Å². The van der Waals surface area contributed by atoms with Crippen LogP contribution in [0.3, 0.4) is 0 Å². The van der Waals surface area contributed by atoms with Crippen molar-refractivity contribution in [2.24, 2.45) is 5.92 Å². The largest absolute Gasteiger partial charge is 0.379 e. The van der Waals surface area contributed by atoms with Gasteiger partial charge in [0.25, 0.3) is 0 Å². The number of hydrogen-bond acceptors (Lipinski definition) is 3. The van der Waals surface area contributed by atoms with Gasteiger partial charge in [0.2, 0.25) is 5.91 Å². The van der Waals surface area contributed by atoms with Crippen molar-refractivity contribution in [3.63, 3.8) is 0 Å². The van der Waals surface area contributed by atoms with Gasteiger partial charge in [0.05, 0.1) is 6.10 Å². The number of amides is 1. The number of ether oxygens (including phenoxy) is 1. The maximum atomic E-state index is 12.1. The number of likely N-dealkylation sites (N-methyl/N-ethyl adjacent to an activating group) is 1. The van der Waals surface area contributed by atoms with Crippen molar-refractivity contribution < 1.29 is 14.3 Å². The first-order valence-corrected chi connectivity index (χ1v) is 8.43. The molecule has 1 atom stereocenters. The van der Waals surface area contributed by atoms with E-state index in [1.165, 1.54) is 6.08 Å². The normalized spacial score (nSPS) is 13.3. The number of carbonyl (C=O) groups excluding carboxylic acids is 2. The lowest BCUT2D eigenvalue weighted by Gasteiger charge is -2.16. The van der Waals surface area contributed by atoms with Gasteiger partial charge in [-0.15, -0.1) is 0 Å². The second-order valence-corrected chi connectivity index (χ2v) is 6.11. The van der Waals surface area contributed by atoms with E-state index in [2.05, 4.69) is 6.92 Å². The molecule has 0 fully saturated rings. The summed E-state index contributed by atoms with van der Waals surface area (Å²) in [5.41, 5.74) is 0.558. The van der Waals surface area contributed by atoms with Crippen molar-refractivity contribution in [3.8, 4) is 0 Å². The first-order chi connectivity index (χ1) is 10.3. The van der Waals surface area contributed by atoms with Crippen molar-refractivity contribution in [2.75, 3.05) is 19.7 Å². The third-order valence-corrected chi connectivity index (χ3v) is 3.78. The number of carbonyl (C=O) groups is 2. The molecular weight excluding hydrogens is 278 g/mol. The summed E-state index contributed by atoms with van der Waals surface area (Å²) in [5, 5.41) is 0. The Morgan fingerprint density at radius 2 is 1.68 bits per heavy atom. The number of ketones is 1. The molecule has 0 rings (SSSR count). The van der Waals surface area contributed by atoms with Gasteiger partial charge in [0.1, 0.15) is 0 Å². The molecule has 128 valence electrons. The molecule has 0 aromatic heterocycles. The molecule has 0 saturated carbocycles. The molecule has 0 aliphatic rings. The van der Waals surface area contributed by atoms with Gasteiger partial charge in [0.15, 0.2) is 5.78 Å². The fraction of sp³-hybridized carbons (Fsp3) is 0.778. The van der Waals surface area contributed by atoms with E-state index >= 15 is 0 Å². The molecule has 0 N–H and O–H groups in total. The monoisotopic (exact) mass is 311 g/mol. The molecule has 0 aliphatic carbocycles. The summed E-state index contributed by atoms with van der Waals surface area (Å²) >= 11 is 0. The molecule has 0 aliphatic heterocycles. The van der Waals surface area contributed by atoms with E-state index in [1.54, 1.807) is 11.8 Å². The van der Waals surface area contributed by atoms with Crippen LogP contribution in [0.2, 0.25) is 0 Å². The van der Waals surface area contributed by atoms with E-state index < -0.39 is 0 Å². The highest BCUT2D eigenvalue weighted by molar-refractivity contribution is 6.01. The summed E-state index contributed by atoms with van der Waals surface area (Å²) in [6, 6.07) is 0. The van der Waals surface area contributed by atoms with E-state index in [9.17, 15) is 9.59 Å². The molecule has 0 bridgehead atoms. The van der Waals surface area contributed by atoms with Crippen molar-refractivity contribution >= 4 is 11.7 Å². The summed E-state index contributed by atoms with van der Waals surface area (Å²) in [6.45, 7) is 13.9. The molecule has 22 heavy (non-hydrogen) atoms. The lowest BCUT2D eigenvalue weighted by atomic mass is 9.98. The Kier molecular flexibility index (Phi) is 10.8. The molecule has 0 radical (unpaired) electrons. The predicted octanol–water partition coefficient (Wildman–Crippen LogP) is 3.60. The smallest absolute Gasteiger partial charge is 0.246 e. The van der Waals surface area contributed by atoms with E-state index in [-0.39, 0.29) is 17.8 Å². The Labute approximate surface area is 135 Å². The molecule has 0 heterocycles. The van der Waals surface area contributed by atoms with Crippen LogP contribution in [0.5, 0.6) is 0 Å². The van der Waals surface area contributed by atoms with Crippen LogP contribution in [0, 0.1) is 5.92 Å². The minimum Gasteiger partial charge on any atom is -0.379 e. The minimum absolute atomic E-state index is 0.0668. The maximum absolute atomic E-state index is 12.1. The maximum Gasteiger partial charge on any atom is 0.246 e. The van der Waals surface area contributed by atoms with Crippen molar-refractivity contribution in [3.05, 3.63) is 11.6 Å². The van der Waals surface area contributed by atoms with Crippen molar-refractivity contribution in [2.45, 2.75) is 66.9 Å². The zero-order chi connectivity index (χ0) is 17.1. The van der Waals surface area contributed by atoms with Gasteiger partial charge in [-0.25, -0.2) is 0 Å². The van der Waals surface area contributed by atoms with Crippen LogP contribution in [-0.2, 0) is 14.3 Å². The number of allylic oxidation sites excluding steroid dienone is 1. The first kappa shape index (κ1) is 20.8. The quantitative estimate of drug-likeness (QED) is 0.548. The highest BCUT2D eigenvalue weighted by Gasteiger charge is 2.12. The average molecular weight is 311 g/mol. The molecule has 0 saturated heterocycles. The van der Waals surface area contributed by atoms with Gasteiger partial charge in [0, 0.05) is 32.2 Å². The Morgan fingerprint density at radius 3 is 2.18 bits per heavy atom. The summed E-state index contributed by atoms with van der Waals surface area (Å²) < 4.78 is 5.52. The highest BCUT2D eigenvalue weighted by Crippen LogP contribution is 2.13. The minimum atomic E-state index is -0.0748. The molecule has 0 aromatic rings. The molecule has 1 unspecified atom stereocenters. The highest BCUT2D eigenvalue weighted by atomic mass is 16.5. The second-order valence-electron chi connectivity index (χ2n) is 6.11. The van der Waals surface area contributed by atoms with Crippen LogP contribution in [0.4, 0.5) is 0 Å². The molecule has 0 spiro atoms. The average Bonchev–Trinajstić information content (AvgIpc) is 2.45. The molecule has 0 aromatic carbocycles. The van der Waals surface area contributed by atoms with E-state index in [4.69, 9.17) is 4.74 Å². The van der Waals surface area contributed by atoms with Gasteiger partial charge >= 0.3 is 0 Å². The van der Waals surface area contributed by atoms with Crippen LogP contribution < -0.4 is 0 Å². The van der Waals surface area contributed by atoms with Gasteiger partial charge in [-0.2, -0.15) is 0 Å². The Morgan fingerprint density at radius 1 is 1.09 bits per heavy atom. The second kappa shape index (κ2) is 11.4. The summed E-state index contributed by atoms with van der Waals surface area (Å²) in [6.07, 6.45) is 4.03. The van der Waals surface area contributed by atoms with Crippen molar-refractivity contribution in [1.82, 2.24) is 4.90 Å². The summed E-state index contributed by atoms with van der Waals surface area (Å²) in [5.74, 6) is 0.445. The van der Waals surface area contributed by atoms with Crippen LogP contribution in [-0.4, -0.2) is 42.4 Å². The number of Topliss-reactive ketones (excluding diaryl/α,β-unsaturated/α-hetero) is 1. The van der Waals surface area contributed by atoms with Gasteiger partial charge in [-0.05, 0) is 59.0 Å². The third kappa shape index (κ3) is 8.98. The molecule has 4 heteroatoms. The number of rotatable bonds is 11. The van der Waals surface area contributed by atoms with Gasteiger partial charge < -0.3 is 9.64 Å². The summed E-state index contributed by atoms with van der Waals surface area (Å²) in [7, 11) is 0. The Hall–Kier alpha value is -1.16. The van der Waals surface area contributed by atoms with E-state index in [0.29, 0.717) is 31.0 Å². The number of nitrogens with zero attached hydrogens (tertiary/aromatic N) is 1. The van der Waals surface area contributed by atoms with E-state index in [0.717, 1.165) is 19.4 Å². The lowest BCUT2D eigenvalue weighted by molar-refractivity contribution is -0.126. The SMILES string of the molecule is CCN(CC)C(=O)C=C(C)C(=O)CCC(C)CCOC(C)C. The molecular formula is C18H33NO3. The standard InChI is InChI=1S/C18H33NO3/c1-7-19(8-2)18(21)13-16(6)17(20)10-9-15(5)11-12-22-14(3)4/h13-15H,7-12H2,1-6H3. The molecule has 1 amide bonds. The molecule has 4 nitrogen and oxygen atoms in total. The van der Waals surface area contributed by atoms with E-state index in [1.807, 2.05) is 27.7 Å². The zero-order valence-electron chi connectivity index (χ0n) is 15.1. The Bertz CT molecular complexity index is 371. The van der Waals surface area contributed by atoms with Gasteiger partial charge in [-0.1, -0.05) is 6.92 Å². The number of hydrogen-bond donors (Lipinski definition) is 0. The first-order valence-electron chi connectivity index (χ1n) is 8.43. The van der Waals surface area contributed by atoms with Crippen LogP contribution >= 0.6 is 0 Å². The lowest BCUT2D eigenvalue weighted by Crippen LogP contribution is -2.29. The van der Waals surface area contributed by atoms with Crippen LogP contribution in [0.1, 0.15) is 60.8 Å². The summed E-state index contributed by atoms with van der Waals surface area (Å²) in [4.78, 5) is 25.7. The van der Waals surface area contributed by atoms with Crippen LogP contribution in [0.15, 0.2) is 11.6 Å². The van der Waals surface area contributed by atoms with Crippen molar-refractivity contribution in [1.29, 1.82) is 0 Å². The fourth-order valence-electron chi connectivity index (χ4n) is 2.12. The third-order valence-electron chi connectivity index (χ3n) is 3.78. The predicted molar refractivity (Wildman–Crippen MR) is 90.8 cm³/mol. The Balaban J connectivity index is 4.22. The van der Waals surface area contributed by atoms with Crippen LogP contribution in [0.25, 0.3) is 0 Å². The topological polar surface area (TPSA) is 46.6 Å². The zero-order valence-corrected chi connectivity index (χ0v) is 15.1.